The molecular weight excluding hydrogens is 383 g/mol. The number of halogens is 4. The summed E-state index contributed by atoms with van der Waals surface area (Å²) in [6, 6.07) is 0. The Morgan fingerprint density at radius 3 is 1.85 bits per heavy atom. The molecule has 1 atom stereocenters. The molecule has 0 heterocycles. The molecule has 80 valence electrons. The van der Waals surface area contributed by atoms with Gasteiger partial charge in [-0.15, -0.1) is 11.6 Å². The molecule has 0 aromatic carbocycles. The van der Waals surface area contributed by atoms with Gasteiger partial charge in [-0.05, 0) is 25.2 Å². The third-order valence-corrected chi connectivity index (χ3v) is 5.48. The second-order valence-electron chi connectivity index (χ2n) is 4.11. The van der Waals surface area contributed by atoms with Gasteiger partial charge in [0.2, 0.25) is 0 Å². The molecule has 0 saturated heterocycles. The van der Waals surface area contributed by atoms with E-state index >= 15 is 0 Å². The lowest BCUT2D eigenvalue weighted by atomic mass is 9.84. The van der Waals surface area contributed by atoms with Crippen molar-refractivity contribution >= 4 is 59.4 Å². The summed E-state index contributed by atoms with van der Waals surface area (Å²) < 4.78 is 0. The largest absolute Gasteiger partial charge is 0.120 e. The quantitative estimate of drug-likeness (QED) is 0.554. The van der Waals surface area contributed by atoms with Gasteiger partial charge in [0.15, 0.2) is 0 Å². The summed E-state index contributed by atoms with van der Waals surface area (Å²) in [7, 11) is 0. The minimum Gasteiger partial charge on any atom is -0.120 e. The molecule has 0 aromatic heterocycles. The molecule has 0 radical (unpaired) electrons. The van der Waals surface area contributed by atoms with Gasteiger partial charge in [-0.2, -0.15) is 0 Å². The van der Waals surface area contributed by atoms with E-state index in [-0.39, 0.29) is 10.3 Å². The maximum absolute atomic E-state index is 6.41. The fourth-order valence-electron chi connectivity index (χ4n) is 1.31. The highest BCUT2D eigenvalue weighted by Gasteiger charge is 2.32. The van der Waals surface area contributed by atoms with Gasteiger partial charge in [0.05, 0.1) is 0 Å². The van der Waals surface area contributed by atoms with Crippen LogP contribution in [0.15, 0.2) is 0 Å². The van der Waals surface area contributed by atoms with E-state index in [1.807, 2.05) is 0 Å². The van der Waals surface area contributed by atoms with Crippen LogP contribution < -0.4 is 0 Å². The van der Waals surface area contributed by atoms with Gasteiger partial charge < -0.3 is 0 Å². The van der Waals surface area contributed by atoms with Crippen LogP contribution in [0, 0.1) is 5.41 Å². The Kier molecular flexibility index (Phi) is 7.19. The highest BCUT2D eigenvalue weighted by atomic mass is 79.9. The van der Waals surface area contributed by atoms with Crippen LogP contribution in [0.4, 0.5) is 0 Å². The number of hydrogen-bond acceptors (Lipinski definition) is 0. The van der Waals surface area contributed by atoms with Crippen molar-refractivity contribution in [3.8, 4) is 0 Å². The Morgan fingerprint density at radius 2 is 1.54 bits per heavy atom. The summed E-state index contributed by atoms with van der Waals surface area (Å²) in [6.07, 6.45) is 2.02. The van der Waals surface area contributed by atoms with Gasteiger partial charge in [-0.3, -0.25) is 0 Å². The van der Waals surface area contributed by atoms with E-state index in [1.54, 1.807) is 0 Å². The van der Waals surface area contributed by atoms with Crippen molar-refractivity contribution in [1.82, 2.24) is 0 Å². The molecule has 13 heavy (non-hydrogen) atoms. The van der Waals surface area contributed by atoms with Crippen molar-refractivity contribution in [3.63, 3.8) is 0 Å². The second kappa shape index (κ2) is 6.34. The molecule has 0 aliphatic carbocycles. The molecule has 0 bridgehead atoms. The first-order valence-electron chi connectivity index (χ1n) is 4.26. The van der Waals surface area contributed by atoms with E-state index in [0.717, 1.165) is 28.8 Å². The topological polar surface area (TPSA) is 0 Å². The van der Waals surface area contributed by atoms with Crippen molar-refractivity contribution in [3.05, 3.63) is 0 Å². The molecule has 0 aromatic rings. The van der Waals surface area contributed by atoms with Crippen molar-refractivity contribution in [1.29, 1.82) is 0 Å². The predicted molar refractivity (Wildman–Crippen MR) is 73.0 cm³/mol. The maximum atomic E-state index is 6.41. The Balaban J connectivity index is 4.21. The summed E-state index contributed by atoms with van der Waals surface area (Å²) in [6.45, 7) is 4.35. The van der Waals surface area contributed by atoms with E-state index < -0.39 is 0 Å². The normalized spacial score (nSPS) is 17.1. The average molecular weight is 399 g/mol. The van der Waals surface area contributed by atoms with E-state index in [1.165, 1.54) is 0 Å². The molecule has 0 rings (SSSR count). The lowest BCUT2D eigenvalue weighted by molar-refractivity contribution is 0.340. The summed E-state index contributed by atoms with van der Waals surface area (Å²) in [5, 5.41) is 2.93. The van der Waals surface area contributed by atoms with Crippen LogP contribution >= 0.6 is 59.4 Å². The van der Waals surface area contributed by atoms with Crippen LogP contribution in [-0.2, 0) is 0 Å². The van der Waals surface area contributed by atoms with Gasteiger partial charge in [-0.1, -0.05) is 54.7 Å². The van der Waals surface area contributed by atoms with E-state index in [4.69, 9.17) is 11.6 Å². The van der Waals surface area contributed by atoms with Crippen LogP contribution in [0.3, 0.4) is 0 Å². The van der Waals surface area contributed by atoms with E-state index in [2.05, 4.69) is 61.6 Å². The molecule has 0 nitrogen and oxygen atoms in total. The monoisotopic (exact) mass is 396 g/mol. The van der Waals surface area contributed by atoms with Crippen LogP contribution in [0.1, 0.15) is 26.7 Å². The Morgan fingerprint density at radius 1 is 1.08 bits per heavy atom. The fraction of sp³-hybridized carbons (Fsp3) is 1.00. The van der Waals surface area contributed by atoms with Crippen molar-refractivity contribution < 1.29 is 0 Å². The second-order valence-corrected chi connectivity index (χ2v) is 6.93. The standard InChI is InChI=1S/C9H16Br3Cl/c1-8(6-11,7-12)5-9(2,13)3-4-10/h3-7H2,1-2H3. The first-order chi connectivity index (χ1) is 5.89. The highest BCUT2D eigenvalue weighted by molar-refractivity contribution is 9.10. The molecule has 0 saturated carbocycles. The molecule has 0 amide bonds. The van der Waals surface area contributed by atoms with Gasteiger partial charge in [-0.25, -0.2) is 0 Å². The van der Waals surface area contributed by atoms with Crippen LogP contribution in [0.2, 0.25) is 0 Å². The zero-order valence-corrected chi connectivity index (χ0v) is 13.6. The molecule has 0 aliphatic rings. The molecule has 0 fully saturated rings. The predicted octanol–water partition coefficient (Wildman–Crippen LogP) is 4.96. The van der Waals surface area contributed by atoms with Crippen LogP contribution in [0.25, 0.3) is 0 Å². The lowest BCUT2D eigenvalue weighted by Gasteiger charge is -2.33. The van der Waals surface area contributed by atoms with Crippen LogP contribution in [0.5, 0.6) is 0 Å². The van der Waals surface area contributed by atoms with Crippen LogP contribution in [-0.4, -0.2) is 20.9 Å². The zero-order chi connectivity index (χ0) is 10.5. The van der Waals surface area contributed by atoms with Crippen molar-refractivity contribution in [2.45, 2.75) is 31.6 Å². The number of rotatable bonds is 6. The third kappa shape index (κ3) is 6.01. The third-order valence-electron chi connectivity index (χ3n) is 2.06. The SMILES string of the molecule is CC(Cl)(CCBr)CC(C)(CBr)CBr. The fourth-order valence-corrected chi connectivity index (χ4v) is 4.15. The van der Waals surface area contributed by atoms with Gasteiger partial charge in [0.25, 0.3) is 0 Å². The Hall–Kier alpha value is 1.73. The lowest BCUT2D eigenvalue weighted by Crippen LogP contribution is -2.31. The Labute approximate surface area is 112 Å². The minimum atomic E-state index is -0.0974. The Bertz CT molecular complexity index is 144. The smallest absolute Gasteiger partial charge is 0.0432 e. The van der Waals surface area contributed by atoms with Gasteiger partial charge >= 0.3 is 0 Å². The molecule has 4 heteroatoms. The number of hydrogen-bond donors (Lipinski definition) is 0. The van der Waals surface area contributed by atoms with Gasteiger partial charge in [0.1, 0.15) is 0 Å². The highest BCUT2D eigenvalue weighted by Crippen LogP contribution is 2.37. The molecule has 1 unspecified atom stereocenters. The van der Waals surface area contributed by atoms with Crippen molar-refractivity contribution in [2.24, 2.45) is 5.41 Å². The molecule has 0 spiro atoms. The van der Waals surface area contributed by atoms with Crippen molar-refractivity contribution in [2.75, 3.05) is 16.0 Å². The first kappa shape index (κ1) is 14.7. The average Bonchev–Trinajstić information content (AvgIpc) is 2.03. The summed E-state index contributed by atoms with van der Waals surface area (Å²) in [5.41, 5.74) is 0.249. The summed E-state index contributed by atoms with van der Waals surface area (Å²) in [5.74, 6) is 0. The summed E-state index contributed by atoms with van der Waals surface area (Å²) in [4.78, 5) is -0.0974. The van der Waals surface area contributed by atoms with E-state index in [9.17, 15) is 0 Å². The molecular formula is C9H16Br3Cl. The molecule has 0 N–H and O–H groups in total. The first-order valence-corrected chi connectivity index (χ1v) is 8.00. The van der Waals surface area contributed by atoms with Gasteiger partial charge in [0, 0.05) is 20.9 Å². The van der Waals surface area contributed by atoms with E-state index in [0.29, 0.717) is 0 Å². The summed E-state index contributed by atoms with van der Waals surface area (Å²) >= 11 is 16.9. The minimum absolute atomic E-state index is 0.0974. The zero-order valence-electron chi connectivity index (χ0n) is 8.05. The molecule has 0 aliphatic heterocycles. The number of alkyl halides is 4. The maximum Gasteiger partial charge on any atom is 0.0432 e.